The van der Waals surface area contributed by atoms with Crippen molar-refractivity contribution in [3.63, 3.8) is 0 Å². The molecule has 0 radical (unpaired) electrons. The average molecular weight is 396 g/mol. The zero-order valence-corrected chi connectivity index (χ0v) is 17.7. The molecule has 1 saturated carbocycles. The van der Waals surface area contributed by atoms with Crippen LogP contribution in [0.4, 0.5) is 0 Å². The van der Waals surface area contributed by atoms with Gasteiger partial charge in [-0.25, -0.2) is 4.98 Å². The fourth-order valence-electron chi connectivity index (χ4n) is 3.93. The minimum atomic E-state index is -0.279. The number of aromatic nitrogens is 2. The van der Waals surface area contributed by atoms with Gasteiger partial charge < -0.3 is 14.0 Å². The molecule has 2 aromatic rings. The first-order valence-corrected chi connectivity index (χ1v) is 10.2. The van der Waals surface area contributed by atoms with Crippen LogP contribution in [-0.4, -0.2) is 29.1 Å². The lowest BCUT2D eigenvalue weighted by Crippen LogP contribution is -2.33. The maximum absolute atomic E-state index is 12.6. The number of nitrogens with zero attached hydrogens (tertiary/aromatic N) is 2. The van der Waals surface area contributed by atoms with Gasteiger partial charge in [0.1, 0.15) is 0 Å². The predicted molar refractivity (Wildman–Crippen MR) is 111 cm³/mol. The first-order valence-electron chi connectivity index (χ1n) is 10.2. The van der Waals surface area contributed by atoms with E-state index in [0.29, 0.717) is 35.5 Å². The van der Waals surface area contributed by atoms with Crippen LogP contribution in [0.2, 0.25) is 0 Å². The molecule has 0 aromatic carbocycles. The van der Waals surface area contributed by atoms with Gasteiger partial charge in [0.15, 0.2) is 17.0 Å². The summed E-state index contributed by atoms with van der Waals surface area (Å²) < 4.78 is 13.5. The number of Topliss-reactive ketones (excluding diaryl/α,β-unsaturated/α-hetero) is 1. The molecule has 0 spiro atoms. The smallest absolute Gasteiger partial charge is 0.257 e. The number of ketones is 1. The van der Waals surface area contributed by atoms with Crippen LogP contribution >= 0.6 is 0 Å². The van der Waals surface area contributed by atoms with Gasteiger partial charge in [0.25, 0.3) is 5.88 Å². The van der Waals surface area contributed by atoms with Crippen LogP contribution in [0, 0.1) is 11.3 Å². The summed E-state index contributed by atoms with van der Waals surface area (Å²) in [5.74, 6) is 1.48. The van der Waals surface area contributed by atoms with E-state index in [9.17, 15) is 9.59 Å². The van der Waals surface area contributed by atoms with Crippen molar-refractivity contribution in [2.45, 2.75) is 53.0 Å². The quantitative estimate of drug-likeness (QED) is 0.713. The van der Waals surface area contributed by atoms with Crippen molar-refractivity contribution in [3.05, 3.63) is 39.7 Å². The molecule has 1 atom stereocenters. The normalized spacial score (nSPS) is 18.0. The van der Waals surface area contributed by atoms with E-state index in [1.807, 2.05) is 10.6 Å². The number of methoxy groups -OCH3 is 1. The monoisotopic (exact) mass is 396 g/mol. The van der Waals surface area contributed by atoms with E-state index in [0.717, 1.165) is 12.0 Å². The van der Waals surface area contributed by atoms with Gasteiger partial charge in [0, 0.05) is 18.3 Å². The highest BCUT2D eigenvalue weighted by atomic mass is 16.5. The van der Waals surface area contributed by atoms with Crippen molar-refractivity contribution < 1.29 is 14.3 Å². The number of ether oxygens (including phenoxy) is 2. The molecular weight excluding hydrogens is 368 g/mol. The Bertz CT molecular complexity index is 1030. The third-order valence-electron chi connectivity index (χ3n) is 5.85. The molecule has 1 aliphatic carbocycles. The highest BCUT2D eigenvalue weighted by Gasteiger charge is 2.35. The summed E-state index contributed by atoms with van der Waals surface area (Å²) in [5.41, 5.74) is 2.32. The second kappa shape index (κ2) is 7.01. The molecule has 2 aliphatic rings. The zero-order chi connectivity index (χ0) is 20.9. The van der Waals surface area contributed by atoms with E-state index in [1.54, 1.807) is 13.3 Å². The van der Waals surface area contributed by atoms with Crippen LogP contribution in [0.3, 0.4) is 0 Å². The minimum Gasteiger partial charge on any atom is -0.488 e. The molecule has 4 rings (SSSR count). The molecule has 6 nitrogen and oxygen atoms in total. The fourth-order valence-corrected chi connectivity index (χ4v) is 3.93. The molecule has 3 heterocycles. The molecule has 0 amide bonds. The number of carbonyl (C=O) groups is 1. The van der Waals surface area contributed by atoms with Crippen molar-refractivity contribution in [1.82, 2.24) is 9.55 Å². The number of rotatable bonds is 5. The Morgan fingerprint density at radius 3 is 2.59 bits per heavy atom. The van der Waals surface area contributed by atoms with Crippen LogP contribution in [0.15, 0.2) is 23.1 Å². The standard InChI is InChI=1S/C23H28N2O4/c1-13(26)16-11-25-17(10-18(16)27)21-15(9-20(25)23(2,3)4)8-19(22(24-21)28-5)29-12-14-6-7-14/h8,10-11,14,20H,6-7,9,12H2,1-5H3/t20-/m0/s1. The molecule has 1 aliphatic heterocycles. The summed E-state index contributed by atoms with van der Waals surface area (Å²) in [7, 11) is 1.57. The molecule has 1 fully saturated rings. The largest absolute Gasteiger partial charge is 0.488 e. The predicted octanol–water partition coefficient (Wildman–Crippen LogP) is 4.05. The third-order valence-corrected chi connectivity index (χ3v) is 5.85. The van der Waals surface area contributed by atoms with Crippen LogP contribution < -0.4 is 14.9 Å². The van der Waals surface area contributed by atoms with Crippen LogP contribution in [0.1, 0.15) is 62.5 Å². The lowest BCUT2D eigenvalue weighted by molar-refractivity contribution is 0.101. The molecule has 2 aromatic heterocycles. The first kappa shape index (κ1) is 19.7. The molecule has 6 heteroatoms. The Morgan fingerprint density at radius 1 is 1.28 bits per heavy atom. The number of carbonyl (C=O) groups excluding carboxylic acids is 1. The van der Waals surface area contributed by atoms with E-state index in [1.165, 1.54) is 25.8 Å². The maximum atomic E-state index is 12.6. The summed E-state index contributed by atoms with van der Waals surface area (Å²) in [6.45, 7) is 8.60. The van der Waals surface area contributed by atoms with E-state index in [-0.39, 0.29) is 28.2 Å². The lowest BCUT2D eigenvalue weighted by Gasteiger charge is -2.38. The van der Waals surface area contributed by atoms with Gasteiger partial charge in [-0.2, -0.15) is 0 Å². The van der Waals surface area contributed by atoms with Crippen molar-refractivity contribution in [2.24, 2.45) is 11.3 Å². The molecule has 0 N–H and O–H groups in total. The Hall–Kier alpha value is -2.63. The Kier molecular flexibility index (Phi) is 4.75. The van der Waals surface area contributed by atoms with E-state index < -0.39 is 0 Å². The number of hydrogen-bond acceptors (Lipinski definition) is 5. The summed E-state index contributed by atoms with van der Waals surface area (Å²) in [6, 6.07) is 3.62. The molecule has 0 unspecified atom stereocenters. The third kappa shape index (κ3) is 3.68. The van der Waals surface area contributed by atoms with Crippen LogP contribution in [-0.2, 0) is 6.42 Å². The van der Waals surface area contributed by atoms with Crippen LogP contribution in [0.5, 0.6) is 11.6 Å². The maximum Gasteiger partial charge on any atom is 0.257 e. The van der Waals surface area contributed by atoms with Gasteiger partial charge in [0.05, 0.1) is 30.7 Å². The van der Waals surface area contributed by atoms with Gasteiger partial charge in [0.2, 0.25) is 0 Å². The SMILES string of the molecule is COc1nc2c(cc1OCC1CC1)C[C@@H](C(C)(C)C)n1cc(C(C)=O)c(=O)cc1-2. The zero-order valence-electron chi connectivity index (χ0n) is 17.7. The van der Waals surface area contributed by atoms with Crippen molar-refractivity contribution >= 4 is 5.78 Å². The summed E-state index contributed by atoms with van der Waals surface area (Å²) >= 11 is 0. The highest BCUT2D eigenvalue weighted by molar-refractivity contribution is 5.94. The van der Waals surface area contributed by atoms with Crippen LogP contribution in [0.25, 0.3) is 11.4 Å². The van der Waals surface area contributed by atoms with Gasteiger partial charge in [-0.3, -0.25) is 9.59 Å². The van der Waals surface area contributed by atoms with Crippen molar-refractivity contribution in [3.8, 4) is 23.0 Å². The summed E-state index contributed by atoms with van der Waals surface area (Å²) in [6.07, 6.45) is 4.86. The van der Waals surface area contributed by atoms with Crippen molar-refractivity contribution in [1.29, 1.82) is 0 Å². The molecule has 0 saturated heterocycles. The highest BCUT2D eigenvalue weighted by Crippen LogP contribution is 2.44. The molecule has 154 valence electrons. The average Bonchev–Trinajstić information content (AvgIpc) is 3.47. The van der Waals surface area contributed by atoms with E-state index in [4.69, 9.17) is 14.5 Å². The summed E-state index contributed by atoms with van der Waals surface area (Å²) in [4.78, 5) is 29.3. The van der Waals surface area contributed by atoms with Gasteiger partial charge in [-0.15, -0.1) is 0 Å². The molecule has 0 bridgehead atoms. The minimum absolute atomic E-state index is 0.0788. The fraction of sp³-hybridized carbons (Fsp3) is 0.522. The van der Waals surface area contributed by atoms with E-state index in [2.05, 4.69) is 20.8 Å². The lowest BCUT2D eigenvalue weighted by atomic mass is 9.80. The Balaban J connectivity index is 1.88. The van der Waals surface area contributed by atoms with Gasteiger partial charge in [-0.1, -0.05) is 20.8 Å². The number of fused-ring (bicyclic) bond motifs is 3. The van der Waals surface area contributed by atoms with Gasteiger partial charge >= 0.3 is 0 Å². The second-order valence-corrected chi connectivity index (χ2v) is 9.24. The Morgan fingerprint density at radius 2 is 2.00 bits per heavy atom. The van der Waals surface area contributed by atoms with E-state index >= 15 is 0 Å². The van der Waals surface area contributed by atoms with Gasteiger partial charge in [-0.05, 0) is 49.1 Å². The molecule has 29 heavy (non-hydrogen) atoms. The first-order chi connectivity index (χ1) is 13.7. The number of hydrogen-bond donors (Lipinski definition) is 0. The number of pyridine rings is 2. The summed E-state index contributed by atoms with van der Waals surface area (Å²) in [5, 5.41) is 0. The van der Waals surface area contributed by atoms with Crippen molar-refractivity contribution in [2.75, 3.05) is 13.7 Å². The topological polar surface area (TPSA) is 70.4 Å². The Labute approximate surface area is 170 Å². The molecular formula is C23H28N2O4. The second-order valence-electron chi connectivity index (χ2n) is 9.24.